The number of carbonyl (C=O) groups is 1. The van der Waals surface area contributed by atoms with E-state index in [-0.39, 0.29) is 5.91 Å². The minimum Gasteiger partial charge on any atom is -0.383 e. The summed E-state index contributed by atoms with van der Waals surface area (Å²) < 4.78 is 4.96. The van der Waals surface area contributed by atoms with Crippen molar-refractivity contribution in [2.75, 3.05) is 33.4 Å². The summed E-state index contributed by atoms with van der Waals surface area (Å²) in [7, 11) is 1.67. The van der Waals surface area contributed by atoms with E-state index in [1.54, 1.807) is 7.11 Å². The Labute approximate surface area is 111 Å². The molecular formula is C14H28N2O2. The predicted molar refractivity (Wildman–Crippen MR) is 73.6 cm³/mol. The fourth-order valence-corrected chi connectivity index (χ4v) is 2.77. The Hall–Kier alpha value is -0.610. The van der Waals surface area contributed by atoms with Crippen LogP contribution in [0.4, 0.5) is 0 Å². The maximum absolute atomic E-state index is 12.2. The van der Waals surface area contributed by atoms with Crippen LogP contribution in [0.25, 0.3) is 0 Å². The molecule has 1 rings (SSSR count). The molecule has 1 fully saturated rings. The molecule has 2 atom stereocenters. The highest BCUT2D eigenvalue weighted by atomic mass is 16.5. The average molecular weight is 256 g/mol. The Balaban J connectivity index is 2.42. The van der Waals surface area contributed by atoms with Crippen LogP contribution in [-0.4, -0.2) is 50.2 Å². The molecule has 4 nitrogen and oxygen atoms in total. The molecule has 0 radical (unpaired) electrons. The smallest absolute Gasteiger partial charge is 0.236 e. The third-order valence-electron chi connectivity index (χ3n) is 3.78. The van der Waals surface area contributed by atoms with Crippen molar-refractivity contribution in [3.63, 3.8) is 0 Å². The number of piperidine rings is 1. The van der Waals surface area contributed by atoms with E-state index in [1.165, 1.54) is 6.42 Å². The summed E-state index contributed by atoms with van der Waals surface area (Å²) in [5.74, 6) is 0.887. The van der Waals surface area contributed by atoms with Crippen molar-refractivity contribution in [2.45, 2.75) is 45.6 Å². The standard InChI is InChI=1S/C14H28N2O2/c1-4-6-13-12(2)7-5-9-16(13)14(17)11-15-8-10-18-3/h12-13,15H,4-11H2,1-3H3. The maximum Gasteiger partial charge on any atom is 0.236 e. The minimum absolute atomic E-state index is 0.246. The van der Waals surface area contributed by atoms with Gasteiger partial charge in [-0.2, -0.15) is 0 Å². The Morgan fingerprint density at radius 3 is 2.94 bits per heavy atom. The summed E-state index contributed by atoms with van der Waals surface area (Å²) >= 11 is 0. The van der Waals surface area contributed by atoms with Gasteiger partial charge in [-0.1, -0.05) is 20.3 Å². The second kappa shape index (κ2) is 8.48. The monoisotopic (exact) mass is 256 g/mol. The number of amides is 1. The Kier molecular flexibility index (Phi) is 7.28. The molecule has 0 aliphatic carbocycles. The number of hydrogen-bond donors (Lipinski definition) is 1. The lowest BCUT2D eigenvalue weighted by Crippen LogP contribution is -2.50. The number of ether oxygens (including phenoxy) is 1. The largest absolute Gasteiger partial charge is 0.383 e. The molecule has 1 amide bonds. The molecule has 0 aromatic rings. The van der Waals surface area contributed by atoms with Gasteiger partial charge in [0.15, 0.2) is 0 Å². The molecule has 0 aromatic heterocycles. The lowest BCUT2D eigenvalue weighted by Gasteiger charge is -2.40. The summed E-state index contributed by atoms with van der Waals surface area (Å²) in [6.45, 7) is 7.24. The van der Waals surface area contributed by atoms with E-state index in [4.69, 9.17) is 4.74 Å². The van der Waals surface area contributed by atoms with Gasteiger partial charge >= 0.3 is 0 Å². The first-order chi connectivity index (χ1) is 8.70. The summed E-state index contributed by atoms with van der Waals surface area (Å²) in [5.41, 5.74) is 0. The van der Waals surface area contributed by atoms with Crippen LogP contribution in [0.2, 0.25) is 0 Å². The molecule has 0 bridgehead atoms. The van der Waals surface area contributed by atoms with Gasteiger partial charge in [-0.15, -0.1) is 0 Å². The van der Waals surface area contributed by atoms with E-state index in [0.717, 1.165) is 32.4 Å². The molecule has 1 N–H and O–H groups in total. The second-order valence-corrected chi connectivity index (χ2v) is 5.23. The first-order valence-corrected chi connectivity index (χ1v) is 7.19. The molecule has 0 spiro atoms. The topological polar surface area (TPSA) is 41.6 Å². The first kappa shape index (κ1) is 15.4. The van der Waals surface area contributed by atoms with Crippen LogP contribution in [0, 0.1) is 5.92 Å². The van der Waals surface area contributed by atoms with E-state index in [2.05, 4.69) is 24.1 Å². The van der Waals surface area contributed by atoms with Gasteiger partial charge < -0.3 is 15.0 Å². The van der Waals surface area contributed by atoms with Crippen molar-refractivity contribution >= 4 is 5.91 Å². The zero-order valence-corrected chi connectivity index (χ0v) is 12.1. The number of nitrogens with zero attached hydrogens (tertiary/aromatic N) is 1. The molecule has 1 aliphatic rings. The van der Waals surface area contributed by atoms with Gasteiger partial charge in [0, 0.05) is 26.2 Å². The SMILES string of the molecule is CCCC1C(C)CCCN1C(=O)CNCCOC. The van der Waals surface area contributed by atoms with E-state index in [9.17, 15) is 4.79 Å². The van der Waals surface area contributed by atoms with E-state index < -0.39 is 0 Å². The van der Waals surface area contributed by atoms with Crippen LogP contribution >= 0.6 is 0 Å². The molecule has 1 heterocycles. The molecule has 0 aromatic carbocycles. The van der Waals surface area contributed by atoms with Gasteiger partial charge in [-0.25, -0.2) is 0 Å². The first-order valence-electron chi connectivity index (χ1n) is 7.19. The highest BCUT2D eigenvalue weighted by Gasteiger charge is 2.30. The normalized spacial score (nSPS) is 24.3. The Bertz CT molecular complexity index is 246. The van der Waals surface area contributed by atoms with Crippen molar-refractivity contribution in [2.24, 2.45) is 5.92 Å². The van der Waals surface area contributed by atoms with Crippen LogP contribution in [-0.2, 0) is 9.53 Å². The molecule has 18 heavy (non-hydrogen) atoms. The van der Waals surface area contributed by atoms with Gasteiger partial charge in [0.25, 0.3) is 0 Å². The third-order valence-corrected chi connectivity index (χ3v) is 3.78. The highest BCUT2D eigenvalue weighted by molar-refractivity contribution is 5.78. The van der Waals surface area contributed by atoms with Gasteiger partial charge in [0.05, 0.1) is 13.2 Å². The second-order valence-electron chi connectivity index (χ2n) is 5.23. The van der Waals surface area contributed by atoms with Gasteiger partial charge in [-0.3, -0.25) is 4.79 Å². The predicted octanol–water partition coefficient (Wildman–Crippen LogP) is 1.65. The van der Waals surface area contributed by atoms with E-state index in [1.807, 2.05) is 0 Å². The maximum atomic E-state index is 12.2. The molecule has 1 aliphatic heterocycles. The van der Waals surface area contributed by atoms with E-state index in [0.29, 0.717) is 25.1 Å². The summed E-state index contributed by atoms with van der Waals surface area (Å²) in [4.78, 5) is 14.3. The van der Waals surface area contributed by atoms with Gasteiger partial charge in [0.1, 0.15) is 0 Å². The van der Waals surface area contributed by atoms with Crippen molar-refractivity contribution in [1.82, 2.24) is 10.2 Å². The zero-order valence-electron chi connectivity index (χ0n) is 12.1. The fraction of sp³-hybridized carbons (Fsp3) is 0.929. The minimum atomic E-state index is 0.246. The van der Waals surface area contributed by atoms with Crippen LogP contribution in [0.5, 0.6) is 0 Å². The number of likely N-dealkylation sites (tertiary alicyclic amines) is 1. The van der Waals surface area contributed by atoms with Crippen LogP contribution in [0.15, 0.2) is 0 Å². The quantitative estimate of drug-likeness (QED) is 0.704. The molecule has 106 valence electrons. The number of nitrogens with one attached hydrogen (secondary N) is 1. The summed E-state index contributed by atoms with van der Waals surface area (Å²) in [5, 5.41) is 3.14. The summed E-state index contributed by atoms with van der Waals surface area (Å²) in [6.07, 6.45) is 4.68. The lowest BCUT2D eigenvalue weighted by atomic mass is 9.88. The molecule has 4 heteroatoms. The number of carbonyl (C=O) groups excluding carboxylic acids is 1. The number of hydrogen-bond acceptors (Lipinski definition) is 3. The number of methoxy groups -OCH3 is 1. The van der Waals surface area contributed by atoms with Crippen LogP contribution in [0.3, 0.4) is 0 Å². The third kappa shape index (κ3) is 4.58. The van der Waals surface area contributed by atoms with Crippen molar-refractivity contribution in [3.05, 3.63) is 0 Å². The Morgan fingerprint density at radius 1 is 1.50 bits per heavy atom. The van der Waals surface area contributed by atoms with Crippen LogP contribution < -0.4 is 5.32 Å². The van der Waals surface area contributed by atoms with Crippen molar-refractivity contribution in [1.29, 1.82) is 0 Å². The van der Waals surface area contributed by atoms with Gasteiger partial charge in [0.2, 0.25) is 5.91 Å². The molecule has 0 saturated carbocycles. The highest BCUT2D eigenvalue weighted by Crippen LogP contribution is 2.26. The molecular weight excluding hydrogens is 228 g/mol. The lowest BCUT2D eigenvalue weighted by molar-refractivity contribution is -0.135. The molecule has 2 unspecified atom stereocenters. The zero-order chi connectivity index (χ0) is 13.4. The fourth-order valence-electron chi connectivity index (χ4n) is 2.77. The Morgan fingerprint density at radius 2 is 2.28 bits per heavy atom. The summed E-state index contributed by atoms with van der Waals surface area (Å²) in [6, 6.07) is 0.445. The van der Waals surface area contributed by atoms with Crippen molar-refractivity contribution < 1.29 is 9.53 Å². The van der Waals surface area contributed by atoms with E-state index >= 15 is 0 Å². The molecule has 1 saturated heterocycles. The number of rotatable bonds is 7. The van der Waals surface area contributed by atoms with Gasteiger partial charge in [-0.05, 0) is 25.2 Å². The average Bonchev–Trinajstić information content (AvgIpc) is 2.37. The van der Waals surface area contributed by atoms with Crippen LogP contribution in [0.1, 0.15) is 39.5 Å². The van der Waals surface area contributed by atoms with Crippen molar-refractivity contribution in [3.8, 4) is 0 Å².